The van der Waals surface area contributed by atoms with Gasteiger partial charge in [-0.1, -0.05) is 19.8 Å². The molecule has 3 heteroatoms. The summed E-state index contributed by atoms with van der Waals surface area (Å²) in [5, 5.41) is 12.7. The van der Waals surface area contributed by atoms with Gasteiger partial charge in [-0.2, -0.15) is 0 Å². The maximum Gasteiger partial charge on any atom is 0.0414 e. The van der Waals surface area contributed by atoms with Crippen LogP contribution in [0.3, 0.4) is 0 Å². The molecule has 0 aliphatic carbocycles. The van der Waals surface area contributed by atoms with Crippen molar-refractivity contribution in [1.82, 2.24) is 0 Å². The van der Waals surface area contributed by atoms with Crippen molar-refractivity contribution in [2.75, 3.05) is 0 Å². The fourth-order valence-electron chi connectivity index (χ4n) is 1.28. The summed E-state index contributed by atoms with van der Waals surface area (Å²) in [6.45, 7) is 11.3. The van der Waals surface area contributed by atoms with Crippen LogP contribution in [-0.2, 0) is 4.79 Å². The molecule has 0 aromatic heterocycles. The number of rotatable bonds is 8. The van der Waals surface area contributed by atoms with Gasteiger partial charge in [0.15, 0.2) is 0 Å². The van der Waals surface area contributed by atoms with Gasteiger partial charge in [-0.15, -0.1) is 0 Å². The van der Waals surface area contributed by atoms with E-state index in [1.807, 2.05) is 6.92 Å². The van der Waals surface area contributed by atoms with Gasteiger partial charge in [-0.3, -0.25) is 0 Å². The first-order chi connectivity index (χ1) is 7.90. The van der Waals surface area contributed by atoms with Gasteiger partial charge in [0.1, 0.15) is 0 Å². The molecule has 0 spiro atoms. The van der Waals surface area contributed by atoms with E-state index in [9.17, 15) is 9.90 Å². The van der Waals surface area contributed by atoms with E-state index in [0.29, 0.717) is 0 Å². The summed E-state index contributed by atoms with van der Waals surface area (Å²) in [5.74, 6) is 0.927. The fourth-order valence-corrected chi connectivity index (χ4v) is 2.81. The van der Waals surface area contributed by atoms with Crippen molar-refractivity contribution in [3.05, 3.63) is 0 Å². The normalized spacial score (nSPS) is 9.82. The molecule has 0 aliphatic rings. The first kappa shape index (κ1) is 19.3. The molecule has 2 nitrogen and oxygen atoms in total. The van der Waals surface area contributed by atoms with Crippen molar-refractivity contribution < 1.29 is 9.90 Å². The monoisotopic (exact) mass is 256 g/mol. The maximum absolute atomic E-state index is 9.76. The van der Waals surface area contributed by atoms with Crippen molar-refractivity contribution in [3.63, 3.8) is 0 Å². The molecule has 0 saturated heterocycles. The van der Waals surface area contributed by atoms with E-state index >= 15 is 0 Å². The van der Waals surface area contributed by atoms with Crippen LogP contribution in [0.2, 0.25) is 10.6 Å². The molecule has 0 bridgehead atoms. The Kier molecular flexibility index (Phi) is 16.0. The molecular formula is C14H29AlO2. The molecule has 100 valence electrons. The summed E-state index contributed by atoms with van der Waals surface area (Å²) in [6, 6.07) is 0. The van der Waals surface area contributed by atoms with Crippen molar-refractivity contribution in [3.8, 4) is 0 Å². The summed E-state index contributed by atoms with van der Waals surface area (Å²) in [7, 11) is 0. The molecule has 0 heterocycles. The molecule has 17 heavy (non-hydrogen) atoms. The first-order valence-electron chi connectivity index (χ1n) is 6.91. The number of carboxylic acid groups (broad SMARTS) is 1. The predicted octanol–water partition coefficient (Wildman–Crippen LogP) is 3.16. The topological polar surface area (TPSA) is 40.1 Å². The second-order valence-corrected chi connectivity index (χ2v) is 6.90. The largest absolute Gasteiger partial charge is 0.550 e. The maximum atomic E-state index is 9.76. The molecule has 0 saturated carbocycles. The van der Waals surface area contributed by atoms with Gasteiger partial charge < -0.3 is 9.90 Å². The summed E-state index contributed by atoms with van der Waals surface area (Å²) < 4.78 is 0. The standard InChI is InChI=1S/C6H12O2.2C4H9.Al/c1-2-3-4-5-6(7)8;2*1-4(2)3;/h2-5H2,1H3,(H,7,8);2*4H,1H2,2-3H3;/q;;;+1/p-1. The summed E-state index contributed by atoms with van der Waals surface area (Å²) in [6.07, 6.45) is 3.04. The van der Waals surface area contributed by atoms with Gasteiger partial charge in [0.25, 0.3) is 0 Å². The molecule has 0 unspecified atom stereocenters. The van der Waals surface area contributed by atoms with E-state index in [1.54, 1.807) is 0 Å². The van der Waals surface area contributed by atoms with Crippen LogP contribution in [0.5, 0.6) is 0 Å². The average molecular weight is 256 g/mol. The minimum absolute atomic E-state index is 0.216. The Morgan fingerprint density at radius 1 is 1.06 bits per heavy atom. The molecule has 0 rings (SSSR count). The van der Waals surface area contributed by atoms with Crippen LogP contribution in [0, 0.1) is 11.8 Å². The van der Waals surface area contributed by atoms with Crippen LogP contribution in [0.15, 0.2) is 0 Å². The van der Waals surface area contributed by atoms with Crippen molar-refractivity contribution >= 4 is 21.2 Å². The smallest absolute Gasteiger partial charge is 0.0414 e. The van der Waals surface area contributed by atoms with Crippen LogP contribution in [0.4, 0.5) is 0 Å². The van der Waals surface area contributed by atoms with E-state index in [1.165, 1.54) is 10.6 Å². The summed E-state index contributed by atoms with van der Waals surface area (Å²) in [4.78, 5) is 9.76. The van der Waals surface area contributed by atoms with Gasteiger partial charge >= 0.3 is 65.3 Å². The number of carbonyl (C=O) groups is 1. The number of unbranched alkanes of at least 4 members (excludes halogenated alkanes) is 2. The molecule has 0 fully saturated rings. The second kappa shape index (κ2) is 14.1. The Morgan fingerprint density at radius 2 is 1.53 bits per heavy atom. The van der Waals surface area contributed by atoms with E-state index in [4.69, 9.17) is 0 Å². The van der Waals surface area contributed by atoms with Gasteiger partial charge in [0, 0.05) is 5.97 Å². The van der Waals surface area contributed by atoms with E-state index in [0.717, 1.165) is 46.3 Å². The summed E-state index contributed by atoms with van der Waals surface area (Å²) >= 11 is 0.755. The molecular weight excluding hydrogens is 227 g/mol. The number of hydrogen-bond donors (Lipinski definition) is 0. The third-order valence-corrected chi connectivity index (χ3v) is 4.81. The van der Waals surface area contributed by atoms with E-state index in [-0.39, 0.29) is 6.42 Å². The van der Waals surface area contributed by atoms with Crippen molar-refractivity contribution in [2.24, 2.45) is 11.8 Å². The van der Waals surface area contributed by atoms with Gasteiger partial charge in [-0.05, 0) is 12.8 Å². The molecule has 0 aliphatic heterocycles. The SMILES string of the molecule is CC(C)[CH2][Al+][CH2]C(C)C.CCCCCC(=O)[O-]. The average Bonchev–Trinajstić information content (AvgIpc) is 2.17. The van der Waals surface area contributed by atoms with Crippen molar-refractivity contribution in [2.45, 2.75) is 70.9 Å². The molecule has 0 radical (unpaired) electrons. The molecule has 0 aromatic rings. The third-order valence-electron chi connectivity index (χ3n) is 2.26. The second-order valence-electron chi connectivity index (χ2n) is 5.38. The minimum atomic E-state index is -0.932. The molecule has 0 amide bonds. The van der Waals surface area contributed by atoms with Gasteiger partial charge in [0.2, 0.25) is 0 Å². The van der Waals surface area contributed by atoms with Gasteiger partial charge in [-0.25, -0.2) is 0 Å². The minimum Gasteiger partial charge on any atom is -0.550 e. The van der Waals surface area contributed by atoms with Crippen LogP contribution < -0.4 is 5.11 Å². The Bertz CT molecular complexity index is 160. The van der Waals surface area contributed by atoms with Crippen LogP contribution in [-0.4, -0.2) is 21.2 Å². The molecule has 0 aromatic carbocycles. The Hall–Kier alpha value is 0.00247. The van der Waals surface area contributed by atoms with Gasteiger partial charge in [0.05, 0.1) is 0 Å². The number of hydrogen-bond acceptors (Lipinski definition) is 2. The Labute approximate surface area is 114 Å². The van der Waals surface area contributed by atoms with E-state index in [2.05, 4.69) is 27.7 Å². The van der Waals surface area contributed by atoms with Crippen molar-refractivity contribution in [1.29, 1.82) is 0 Å². The zero-order valence-electron chi connectivity index (χ0n) is 12.3. The Balaban J connectivity index is 0. The number of carbonyl (C=O) groups excluding carboxylic acids is 1. The predicted molar refractivity (Wildman–Crippen MR) is 74.2 cm³/mol. The zero-order chi connectivity index (χ0) is 13.7. The van der Waals surface area contributed by atoms with Crippen LogP contribution >= 0.6 is 0 Å². The van der Waals surface area contributed by atoms with E-state index < -0.39 is 5.97 Å². The Morgan fingerprint density at radius 3 is 1.82 bits per heavy atom. The fraction of sp³-hybridized carbons (Fsp3) is 0.929. The quantitative estimate of drug-likeness (QED) is 0.494. The summed E-state index contributed by atoms with van der Waals surface area (Å²) in [5.41, 5.74) is 0. The number of aliphatic carboxylic acids is 1. The molecule has 0 N–H and O–H groups in total. The first-order valence-corrected chi connectivity index (χ1v) is 8.54. The van der Waals surface area contributed by atoms with Crippen LogP contribution in [0.1, 0.15) is 60.3 Å². The third kappa shape index (κ3) is 25.9. The molecule has 0 atom stereocenters. The zero-order valence-corrected chi connectivity index (χ0v) is 13.4. The number of carboxylic acids is 1. The van der Waals surface area contributed by atoms with Crippen LogP contribution in [0.25, 0.3) is 0 Å².